The van der Waals surface area contributed by atoms with Gasteiger partial charge in [-0.1, -0.05) is 6.42 Å². The predicted molar refractivity (Wildman–Crippen MR) is 65.8 cm³/mol. The standard InChI is InChI=1S/C8H21NO3Si.H4Si/c1-10-13(11-2,12-3)8-6-4-5-7-9;/h4-9H2,1-3H3;1H4. The van der Waals surface area contributed by atoms with Gasteiger partial charge in [0.05, 0.1) is 0 Å². The fourth-order valence-corrected chi connectivity index (χ4v) is 3.01. The van der Waals surface area contributed by atoms with Gasteiger partial charge in [-0.05, 0) is 30.4 Å². The Balaban J connectivity index is 0. The zero-order valence-electron chi connectivity index (χ0n) is 8.84. The minimum atomic E-state index is -2.31. The van der Waals surface area contributed by atoms with Gasteiger partial charge in [0, 0.05) is 27.4 Å². The molecule has 6 heteroatoms. The second kappa shape index (κ2) is 9.81. The Hall–Kier alpha value is 0.274. The summed E-state index contributed by atoms with van der Waals surface area (Å²) < 4.78 is 15.8. The van der Waals surface area contributed by atoms with Crippen molar-refractivity contribution in [2.24, 2.45) is 5.73 Å². The molecule has 0 aromatic carbocycles. The van der Waals surface area contributed by atoms with Gasteiger partial charge in [0.1, 0.15) is 0 Å². The van der Waals surface area contributed by atoms with Crippen LogP contribution in [0.5, 0.6) is 0 Å². The van der Waals surface area contributed by atoms with E-state index in [9.17, 15) is 0 Å². The van der Waals surface area contributed by atoms with Crippen molar-refractivity contribution in [3.8, 4) is 0 Å². The first-order valence-electron chi connectivity index (χ1n) is 4.60. The largest absolute Gasteiger partial charge is 0.500 e. The van der Waals surface area contributed by atoms with E-state index in [1.54, 1.807) is 21.3 Å². The third-order valence-corrected chi connectivity index (χ3v) is 4.95. The van der Waals surface area contributed by atoms with Crippen molar-refractivity contribution in [3.63, 3.8) is 0 Å². The van der Waals surface area contributed by atoms with Crippen molar-refractivity contribution in [2.45, 2.75) is 25.3 Å². The average Bonchev–Trinajstić information content (AvgIpc) is 2.20. The molecular weight excluding hydrogens is 214 g/mol. The lowest BCUT2D eigenvalue weighted by atomic mass is 10.2. The van der Waals surface area contributed by atoms with E-state index >= 15 is 0 Å². The molecule has 0 fully saturated rings. The molecule has 0 aliphatic rings. The first-order valence-corrected chi connectivity index (χ1v) is 6.53. The molecule has 0 rings (SSSR count). The van der Waals surface area contributed by atoms with E-state index < -0.39 is 8.80 Å². The minimum absolute atomic E-state index is 0. The van der Waals surface area contributed by atoms with Gasteiger partial charge in [0.15, 0.2) is 0 Å². The lowest BCUT2D eigenvalue weighted by Gasteiger charge is -2.24. The average molecular weight is 239 g/mol. The molecule has 0 unspecified atom stereocenters. The highest BCUT2D eigenvalue weighted by molar-refractivity contribution is 6.60. The summed E-state index contributed by atoms with van der Waals surface area (Å²) >= 11 is 0. The number of unbranched alkanes of at least 4 members (excludes halogenated alkanes) is 2. The highest BCUT2D eigenvalue weighted by Gasteiger charge is 2.36. The molecule has 0 aromatic heterocycles. The van der Waals surface area contributed by atoms with E-state index in [0.717, 1.165) is 31.9 Å². The fraction of sp³-hybridized carbons (Fsp3) is 1.00. The Morgan fingerprint density at radius 2 is 1.43 bits per heavy atom. The third-order valence-electron chi connectivity index (χ3n) is 2.12. The summed E-state index contributed by atoms with van der Waals surface area (Å²) in [6.45, 7) is 0.751. The molecule has 88 valence electrons. The Morgan fingerprint density at radius 3 is 1.79 bits per heavy atom. The van der Waals surface area contributed by atoms with Crippen LogP contribution >= 0.6 is 0 Å². The predicted octanol–water partition coefficient (Wildman–Crippen LogP) is -0.458. The first-order chi connectivity index (χ1) is 6.24. The highest BCUT2D eigenvalue weighted by Crippen LogP contribution is 2.16. The van der Waals surface area contributed by atoms with Crippen LogP contribution in [-0.2, 0) is 13.3 Å². The monoisotopic (exact) mass is 239 g/mol. The van der Waals surface area contributed by atoms with Gasteiger partial charge in [-0.2, -0.15) is 0 Å². The van der Waals surface area contributed by atoms with Crippen LogP contribution in [0.2, 0.25) is 6.04 Å². The van der Waals surface area contributed by atoms with Crippen molar-refractivity contribution in [1.29, 1.82) is 0 Å². The van der Waals surface area contributed by atoms with Gasteiger partial charge in [-0.3, -0.25) is 0 Å². The van der Waals surface area contributed by atoms with E-state index in [1.807, 2.05) is 0 Å². The molecule has 0 atom stereocenters. The summed E-state index contributed by atoms with van der Waals surface area (Å²) in [6.07, 6.45) is 3.22. The van der Waals surface area contributed by atoms with Crippen molar-refractivity contribution in [2.75, 3.05) is 27.9 Å². The van der Waals surface area contributed by atoms with Crippen LogP contribution in [0, 0.1) is 0 Å². The van der Waals surface area contributed by atoms with Gasteiger partial charge in [0.2, 0.25) is 0 Å². The van der Waals surface area contributed by atoms with Crippen LogP contribution in [0.15, 0.2) is 0 Å². The maximum Gasteiger partial charge on any atom is 0.500 e. The van der Waals surface area contributed by atoms with E-state index in [4.69, 9.17) is 19.0 Å². The van der Waals surface area contributed by atoms with E-state index in [0.29, 0.717) is 0 Å². The molecule has 0 aliphatic heterocycles. The highest BCUT2D eigenvalue weighted by atomic mass is 28.4. The minimum Gasteiger partial charge on any atom is -0.377 e. The quantitative estimate of drug-likeness (QED) is 0.460. The molecule has 0 amide bonds. The molecule has 4 nitrogen and oxygen atoms in total. The van der Waals surface area contributed by atoms with Crippen LogP contribution in [0.1, 0.15) is 19.3 Å². The molecule has 0 bridgehead atoms. The molecule has 0 saturated heterocycles. The lowest BCUT2D eigenvalue weighted by molar-refractivity contribution is 0.122. The van der Waals surface area contributed by atoms with Crippen molar-refractivity contribution in [3.05, 3.63) is 0 Å². The van der Waals surface area contributed by atoms with E-state index in [1.165, 1.54) is 0 Å². The van der Waals surface area contributed by atoms with Crippen LogP contribution in [0.3, 0.4) is 0 Å². The van der Waals surface area contributed by atoms with E-state index in [2.05, 4.69) is 0 Å². The Morgan fingerprint density at radius 1 is 0.929 bits per heavy atom. The maximum absolute atomic E-state index is 5.39. The molecule has 0 spiro atoms. The van der Waals surface area contributed by atoms with Crippen LogP contribution < -0.4 is 5.73 Å². The zero-order chi connectivity index (χ0) is 10.2. The molecule has 14 heavy (non-hydrogen) atoms. The van der Waals surface area contributed by atoms with Gasteiger partial charge in [0.25, 0.3) is 0 Å². The number of nitrogens with two attached hydrogens (primary N) is 1. The Bertz CT molecular complexity index is 115. The summed E-state index contributed by atoms with van der Waals surface area (Å²) in [5.41, 5.74) is 5.39. The summed E-state index contributed by atoms with van der Waals surface area (Å²) in [6, 6.07) is 0.872. The van der Waals surface area contributed by atoms with Crippen LogP contribution in [0.25, 0.3) is 0 Å². The maximum atomic E-state index is 5.39. The van der Waals surface area contributed by atoms with Gasteiger partial charge in [-0.15, -0.1) is 0 Å². The Kier molecular flexibility index (Phi) is 11.7. The van der Waals surface area contributed by atoms with Crippen molar-refractivity contribution in [1.82, 2.24) is 0 Å². The molecule has 0 aliphatic carbocycles. The van der Waals surface area contributed by atoms with Gasteiger partial charge < -0.3 is 19.0 Å². The SMILES string of the molecule is CO[Si](CCCCCN)(OC)OC.[SiH4]. The van der Waals surface area contributed by atoms with Crippen LogP contribution in [0.4, 0.5) is 0 Å². The topological polar surface area (TPSA) is 53.7 Å². The molecule has 0 saturated carbocycles. The van der Waals surface area contributed by atoms with Gasteiger partial charge >= 0.3 is 8.80 Å². The number of rotatable bonds is 8. The second-order valence-corrected chi connectivity index (χ2v) is 5.99. The van der Waals surface area contributed by atoms with Crippen molar-refractivity contribution >= 4 is 19.8 Å². The van der Waals surface area contributed by atoms with Crippen molar-refractivity contribution < 1.29 is 13.3 Å². The number of hydrogen-bond acceptors (Lipinski definition) is 4. The first kappa shape index (κ1) is 16.7. The molecule has 0 radical (unpaired) electrons. The van der Waals surface area contributed by atoms with E-state index in [-0.39, 0.29) is 11.0 Å². The Labute approximate surface area is 92.5 Å². The molecule has 0 aromatic rings. The summed E-state index contributed by atoms with van der Waals surface area (Å²) in [5, 5.41) is 0. The van der Waals surface area contributed by atoms with Crippen LogP contribution in [-0.4, -0.2) is 47.6 Å². The summed E-state index contributed by atoms with van der Waals surface area (Å²) in [7, 11) is 2.61. The fourth-order valence-electron chi connectivity index (χ4n) is 1.22. The molecule has 2 N–H and O–H groups in total. The lowest BCUT2D eigenvalue weighted by Crippen LogP contribution is -2.42. The van der Waals surface area contributed by atoms with Gasteiger partial charge in [-0.25, -0.2) is 0 Å². The molecule has 0 heterocycles. The normalized spacial score (nSPS) is 11.1. The molecular formula is C8H25NO3Si2. The smallest absolute Gasteiger partial charge is 0.377 e. The summed E-state index contributed by atoms with van der Waals surface area (Å²) in [4.78, 5) is 0. The summed E-state index contributed by atoms with van der Waals surface area (Å²) in [5.74, 6) is 0. The third kappa shape index (κ3) is 5.89. The number of hydrogen-bond donors (Lipinski definition) is 1. The second-order valence-electron chi connectivity index (χ2n) is 2.89. The zero-order valence-corrected chi connectivity index (χ0v) is 9.84.